The van der Waals surface area contributed by atoms with E-state index in [1.54, 1.807) is 4.90 Å². The number of benzene rings is 2. The molecule has 0 aromatic heterocycles. The predicted molar refractivity (Wildman–Crippen MR) is 106 cm³/mol. The molecule has 1 aliphatic rings. The largest absolute Gasteiger partial charge is 0.351 e. The molecule has 0 bridgehead atoms. The maximum atomic E-state index is 12.8. The van der Waals surface area contributed by atoms with Crippen molar-refractivity contribution in [3.05, 3.63) is 71.8 Å². The van der Waals surface area contributed by atoms with Crippen molar-refractivity contribution in [1.29, 1.82) is 0 Å². The first-order valence-corrected chi connectivity index (χ1v) is 9.46. The summed E-state index contributed by atoms with van der Waals surface area (Å²) in [6, 6.07) is 19.6. The van der Waals surface area contributed by atoms with Crippen molar-refractivity contribution >= 4 is 11.9 Å². The third-order valence-corrected chi connectivity index (χ3v) is 5.11. The van der Waals surface area contributed by atoms with Gasteiger partial charge in [0.15, 0.2) is 0 Å². The Bertz CT molecular complexity index is 764. The normalized spacial score (nSPS) is 19.4. The van der Waals surface area contributed by atoms with Crippen LogP contribution in [0.5, 0.6) is 0 Å². The Balaban J connectivity index is 1.53. The number of piperidine rings is 1. The van der Waals surface area contributed by atoms with Gasteiger partial charge in [-0.2, -0.15) is 0 Å². The Morgan fingerprint density at radius 1 is 0.926 bits per heavy atom. The van der Waals surface area contributed by atoms with Crippen molar-refractivity contribution < 1.29 is 9.59 Å². The number of nitrogens with one attached hydrogen (secondary N) is 2. The summed E-state index contributed by atoms with van der Waals surface area (Å²) in [6.07, 6.45) is 1.62. The Hall–Kier alpha value is -2.82. The van der Waals surface area contributed by atoms with Gasteiger partial charge in [0, 0.05) is 26.2 Å². The van der Waals surface area contributed by atoms with Crippen LogP contribution in [0, 0.1) is 5.41 Å². The van der Waals surface area contributed by atoms with Crippen LogP contribution in [0.2, 0.25) is 0 Å². The Labute approximate surface area is 160 Å². The van der Waals surface area contributed by atoms with Gasteiger partial charge in [-0.1, -0.05) is 60.7 Å². The second kappa shape index (κ2) is 8.71. The van der Waals surface area contributed by atoms with E-state index in [2.05, 4.69) is 10.6 Å². The molecule has 27 heavy (non-hydrogen) atoms. The lowest BCUT2D eigenvalue weighted by Crippen LogP contribution is -2.53. The average Bonchev–Trinajstić information content (AvgIpc) is 2.71. The van der Waals surface area contributed by atoms with Crippen LogP contribution < -0.4 is 10.6 Å². The number of rotatable bonds is 5. The van der Waals surface area contributed by atoms with Crippen molar-refractivity contribution in [2.45, 2.75) is 32.9 Å². The minimum absolute atomic E-state index is 0.00640. The third kappa shape index (κ3) is 5.09. The Morgan fingerprint density at radius 2 is 1.48 bits per heavy atom. The summed E-state index contributed by atoms with van der Waals surface area (Å²) in [7, 11) is 0. The van der Waals surface area contributed by atoms with Crippen LogP contribution in [0.1, 0.15) is 30.9 Å². The molecule has 0 unspecified atom stereocenters. The summed E-state index contributed by atoms with van der Waals surface area (Å²) < 4.78 is 0. The van der Waals surface area contributed by atoms with E-state index < -0.39 is 5.41 Å². The number of hydrogen-bond acceptors (Lipinski definition) is 2. The van der Waals surface area contributed by atoms with Crippen molar-refractivity contribution in [3.63, 3.8) is 0 Å². The first-order valence-electron chi connectivity index (χ1n) is 9.46. The molecule has 1 aliphatic heterocycles. The molecule has 0 saturated carbocycles. The highest BCUT2D eigenvalue weighted by molar-refractivity contribution is 5.84. The highest BCUT2D eigenvalue weighted by Gasteiger charge is 2.39. The van der Waals surface area contributed by atoms with Crippen LogP contribution in [0.15, 0.2) is 60.7 Å². The Morgan fingerprint density at radius 3 is 2.07 bits per heavy atom. The lowest BCUT2D eigenvalue weighted by atomic mass is 9.81. The molecular weight excluding hydrogens is 338 g/mol. The number of amides is 3. The number of hydrogen-bond donors (Lipinski definition) is 2. The minimum atomic E-state index is -0.558. The second-order valence-electron chi connectivity index (χ2n) is 7.40. The fourth-order valence-electron chi connectivity index (χ4n) is 3.48. The van der Waals surface area contributed by atoms with Crippen molar-refractivity contribution in [3.8, 4) is 0 Å². The summed E-state index contributed by atoms with van der Waals surface area (Å²) in [5, 5.41) is 5.99. The first kappa shape index (κ1) is 19.0. The van der Waals surface area contributed by atoms with E-state index in [-0.39, 0.29) is 11.9 Å². The van der Waals surface area contributed by atoms with Crippen LogP contribution in [0.25, 0.3) is 0 Å². The van der Waals surface area contributed by atoms with Gasteiger partial charge in [-0.05, 0) is 30.9 Å². The molecule has 1 atom stereocenters. The number of likely N-dealkylation sites (tertiary alicyclic amines) is 1. The molecule has 5 nitrogen and oxygen atoms in total. The average molecular weight is 365 g/mol. The highest BCUT2D eigenvalue weighted by Crippen LogP contribution is 2.30. The van der Waals surface area contributed by atoms with Crippen LogP contribution in [0.4, 0.5) is 4.79 Å². The fraction of sp³-hybridized carbons (Fsp3) is 0.364. The molecule has 0 radical (unpaired) electrons. The van der Waals surface area contributed by atoms with E-state index in [0.29, 0.717) is 26.2 Å². The predicted octanol–water partition coefficient (Wildman–Crippen LogP) is 3.31. The van der Waals surface area contributed by atoms with Gasteiger partial charge < -0.3 is 15.5 Å². The molecule has 2 N–H and O–H groups in total. The summed E-state index contributed by atoms with van der Waals surface area (Å²) in [6.45, 7) is 4.07. The van der Waals surface area contributed by atoms with Crippen molar-refractivity contribution in [1.82, 2.24) is 15.5 Å². The number of carbonyl (C=O) groups excluding carboxylic acids is 2. The van der Waals surface area contributed by atoms with E-state index in [4.69, 9.17) is 0 Å². The number of carbonyl (C=O) groups is 2. The second-order valence-corrected chi connectivity index (χ2v) is 7.40. The van der Waals surface area contributed by atoms with Gasteiger partial charge in [-0.15, -0.1) is 0 Å². The van der Waals surface area contributed by atoms with Gasteiger partial charge in [-0.3, -0.25) is 4.79 Å². The molecule has 5 heteroatoms. The van der Waals surface area contributed by atoms with Crippen molar-refractivity contribution in [2.75, 3.05) is 13.1 Å². The van der Waals surface area contributed by atoms with Crippen LogP contribution in [0.3, 0.4) is 0 Å². The van der Waals surface area contributed by atoms with Crippen molar-refractivity contribution in [2.24, 2.45) is 5.41 Å². The maximum Gasteiger partial charge on any atom is 0.317 e. The zero-order valence-electron chi connectivity index (χ0n) is 15.8. The van der Waals surface area contributed by atoms with Crippen LogP contribution in [-0.2, 0) is 17.9 Å². The zero-order valence-corrected chi connectivity index (χ0v) is 15.8. The highest BCUT2D eigenvalue weighted by atomic mass is 16.2. The zero-order chi connectivity index (χ0) is 19.1. The summed E-state index contributed by atoms with van der Waals surface area (Å²) in [5.74, 6) is 0.00640. The molecule has 3 rings (SSSR count). The van der Waals surface area contributed by atoms with E-state index in [0.717, 1.165) is 24.0 Å². The standard InChI is InChI=1S/C22H27N3O2/c1-22(20(26)23-15-18-9-4-2-5-10-18)13-8-14-25(17-22)21(27)24-16-19-11-6-3-7-12-19/h2-7,9-12H,8,13-17H2,1H3,(H,23,26)(H,24,27)/t22-/m0/s1. The molecule has 3 amide bonds. The van der Waals surface area contributed by atoms with E-state index in [1.165, 1.54) is 0 Å². The van der Waals surface area contributed by atoms with Gasteiger partial charge in [-0.25, -0.2) is 4.79 Å². The molecular formula is C22H27N3O2. The monoisotopic (exact) mass is 365 g/mol. The quantitative estimate of drug-likeness (QED) is 0.854. The topological polar surface area (TPSA) is 61.4 Å². The van der Waals surface area contributed by atoms with Gasteiger partial charge in [0.05, 0.1) is 5.41 Å². The van der Waals surface area contributed by atoms with Gasteiger partial charge >= 0.3 is 6.03 Å². The Kier molecular flexibility index (Phi) is 6.12. The molecule has 2 aromatic carbocycles. The van der Waals surface area contributed by atoms with E-state index >= 15 is 0 Å². The van der Waals surface area contributed by atoms with Gasteiger partial charge in [0.25, 0.3) is 0 Å². The van der Waals surface area contributed by atoms with E-state index in [9.17, 15) is 9.59 Å². The smallest absolute Gasteiger partial charge is 0.317 e. The molecule has 0 spiro atoms. The van der Waals surface area contributed by atoms with Gasteiger partial charge in [0.1, 0.15) is 0 Å². The molecule has 2 aromatic rings. The maximum absolute atomic E-state index is 12.8. The minimum Gasteiger partial charge on any atom is -0.351 e. The molecule has 1 heterocycles. The fourth-order valence-corrected chi connectivity index (χ4v) is 3.48. The number of urea groups is 1. The number of nitrogens with zero attached hydrogens (tertiary/aromatic N) is 1. The van der Waals surface area contributed by atoms with E-state index in [1.807, 2.05) is 67.6 Å². The molecule has 0 aliphatic carbocycles. The third-order valence-electron chi connectivity index (χ3n) is 5.11. The molecule has 142 valence electrons. The van der Waals surface area contributed by atoms with Gasteiger partial charge in [0.2, 0.25) is 5.91 Å². The summed E-state index contributed by atoms with van der Waals surface area (Å²) in [4.78, 5) is 27.1. The SMILES string of the molecule is C[C@]1(C(=O)NCc2ccccc2)CCCN(C(=O)NCc2ccccc2)C1. The molecule has 1 fully saturated rings. The summed E-state index contributed by atoms with van der Waals surface area (Å²) >= 11 is 0. The lowest BCUT2D eigenvalue weighted by molar-refractivity contribution is -0.132. The molecule has 1 saturated heterocycles. The summed E-state index contributed by atoms with van der Waals surface area (Å²) in [5.41, 5.74) is 1.57. The lowest BCUT2D eigenvalue weighted by Gasteiger charge is -2.39. The first-order chi connectivity index (χ1) is 13.1. The van der Waals surface area contributed by atoms with Crippen LogP contribution >= 0.6 is 0 Å². The van der Waals surface area contributed by atoms with Crippen LogP contribution in [-0.4, -0.2) is 29.9 Å².